The first-order valence-electron chi connectivity index (χ1n) is 7.33. The van der Waals surface area contributed by atoms with Gasteiger partial charge in [0.2, 0.25) is 5.91 Å². The molecule has 0 aliphatic carbocycles. The molecular weight excluding hydrogens is 284 g/mol. The number of hydrogen-bond donors (Lipinski definition) is 2. The third-order valence-corrected chi connectivity index (χ3v) is 3.81. The van der Waals surface area contributed by atoms with E-state index in [2.05, 4.69) is 5.32 Å². The SMILES string of the molecule is CC(NC(=O)C(c1ccccc1)N1CCC(=O)CC1)C(=O)O. The normalized spacial score (nSPS) is 18.5. The maximum absolute atomic E-state index is 12.5. The molecule has 2 rings (SSSR count). The molecule has 1 heterocycles. The van der Waals surface area contributed by atoms with Gasteiger partial charge in [0.15, 0.2) is 0 Å². The van der Waals surface area contributed by atoms with E-state index in [4.69, 9.17) is 5.11 Å². The van der Waals surface area contributed by atoms with Gasteiger partial charge in [0.05, 0.1) is 0 Å². The van der Waals surface area contributed by atoms with Crippen molar-refractivity contribution < 1.29 is 19.5 Å². The van der Waals surface area contributed by atoms with E-state index in [1.165, 1.54) is 6.92 Å². The largest absolute Gasteiger partial charge is 0.480 e. The first-order chi connectivity index (χ1) is 10.5. The number of nitrogens with zero attached hydrogens (tertiary/aromatic N) is 1. The van der Waals surface area contributed by atoms with Crippen molar-refractivity contribution in [2.45, 2.75) is 31.8 Å². The zero-order valence-corrected chi connectivity index (χ0v) is 12.5. The van der Waals surface area contributed by atoms with Crippen LogP contribution in [0.5, 0.6) is 0 Å². The Hall–Kier alpha value is -2.21. The van der Waals surface area contributed by atoms with Gasteiger partial charge in [0.1, 0.15) is 17.9 Å². The lowest BCUT2D eigenvalue weighted by Gasteiger charge is -2.33. The van der Waals surface area contributed by atoms with Crippen LogP contribution in [0.4, 0.5) is 0 Å². The molecule has 1 aliphatic heterocycles. The van der Waals surface area contributed by atoms with Crippen LogP contribution in [0.3, 0.4) is 0 Å². The van der Waals surface area contributed by atoms with Crippen LogP contribution < -0.4 is 5.32 Å². The predicted octanol–water partition coefficient (Wildman–Crippen LogP) is 0.982. The molecule has 1 aliphatic rings. The van der Waals surface area contributed by atoms with E-state index in [1.807, 2.05) is 35.2 Å². The molecule has 1 aromatic rings. The number of likely N-dealkylation sites (tertiary alicyclic amines) is 1. The van der Waals surface area contributed by atoms with Crippen LogP contribution in [0.2, 0.25) is 0 Å². The Balaban J connectivity index is 2.20. The van der Waals surface area contributed by atoms with Crippen molar-refractivity contribution in [1.29, 1.82) is 0 Å². The molecule has 1 amide bonds. The number of ketones is 1. The summed E-state index contributed by atoms with van der Waals surface area (Å²) in [6.07, 6.45) is 0.843. The lowest BCUT2D eigenvalue weighted by molar-refractivity contribution is -0.142. The maximum Gasteiger partial charge on any atom is 0.325 e. The summed E-state index contributed by atoms with van der Waals surface area (Å²) in [5.41, 5.74) is 0.798. The standard InChI is InChI=1S/C16H20N2O4/c1-11(16(21)22)17-15(20)14(12-5-3-2-4-6-12)18-9-7-13(19)8-10-18/h2-6,11,14H,7-10H2,1H3,(H,17,20)(H,21,22). The minimum atomic E-state index is -1.08. The van der Waals surface area contributed by atoms with Crippen LogP contribution in [-0.4, -0.2) is 46.8 Å². The Labute approximate surface area is 129 Å². The molecule has 6 heteroatoms. The highest BCUT2D eigenvalue weighted by atomic mass is 16.4. The summed E-state index contributed by atoms with van der Waals surface area (Å²) in [5, 5.41) is 11.5. The van der Waals surface area contributed by atoms with Crippen molar-refractivity contribution >= 4 is 17.7 Å². The average Bonchev–Trinajstić information content (AvgIpc) is 2.50. The molecule has 0 bridgehead atoms. The molecule has 22 heavy (non-hydrogen) atoms. The number of hydrogen-bond acceptors (Lipinski definition) is 4. The van der Waals surface area contributed by atoms with Crippen molar-refractivity contribution in [3.05, 3.63) is 35.9 Å². The van der Waals surface area contributed by atoms with E-state index >= 15 is 0 Å². The van der Waals surface area contributed by atoms with Gasteiger partial charge in [-0.3, -0.25) is 19.3 Å². The molecule has 6 nitrogen and oxygen atoms in total. The van der Waals surface area contributed by atoms with Crippen LogP contribution in [0.1, 0.15) is 31.4 Å². The molecule has 2 N–H and O–H groups in total. The van der Waals surface area contributed by atoms with E-state index < -0.39 is 18.1 Å². The molecule has 1 fully saturated rings. The van der Waals surface area contributed by atoms with Crippen molar-refractivity contribution in [2.24, 2.45) is 0 Å². The lowest BCUT2D eigenvalue weighted by atomic mass is 10.00. The van der Waals surface area contributed by atoms with E-state index in [0.717, 1.165) is 5.56 Å². The van der Waals surface area contributed by atoms with E-state index in [1.54, 1.807) is 0 Å². The number of Topliss-reactive ketones (excluding diaryl/α,β-unsaturated/α-hetero) is 1. The summed E-state index contributed by atoms with van der Waals surface area (Å²) in [6, 6.07) is 7.69. The highest BCUT2D eigenvalue weighted by Crippen LogP contribution is 2.24. The van der Waals surface area contributed by atoms with Crippen molar-refractivity contribution in [3.63, 3.8) is 0 Å². The van der Waals surface area contributed by atoms with Gasteiger partial charge in [-0.1, -0.05) is 30.3 Å². The number of rotatable bonds is 5. The van der Waals surface area contributed by atoms with Gasteiger partial charge in [-0.25, -0.2) is 0 Å². The molecule has 1 aromatic carbocycles. The van der Waals surface area contributed by atoms with E-state index in [0.29, 0.717) is 25.9 Å². The second-order valence-corrected chi connectivity index (χ2v) is 5.46. The summed E-state index contributed by atoms with van der Waals surface area (Å²) in [7, 11) is 0. The van der Waals surface area contributed by atoms with E-state index in [9.17, 15) is 14.4 Å². The Morgan fingerprint density at radius 1 is 1.18 bits per heavy atom. The summed E-state index contributed by atoms with van der Waals surface area (Å²) in [5.74, 6) is -1.23. The fraction of sp³-hybridized carbons (Fsp3) is 0.438. The lowest BCUT2D eigenvalue weighted by Crippen LogP contribution is -2.48. The van der Waals surface area contributed by atoms with E-state index in [-0.39, 0.29) is 11.7 Å². The molecule has 0 radical (unpaired) electrons. The molecule has 0 saturated carbocycles. The summed E-state index contributed by atoms with van der Waals surface area (Å²) in [6.45, 7) is 2.45. The van der Waals surface area contributed by atoms with Crippen LogP contribution in [-0.2, 0) is 14.4 Å². The quantitative estimate of drug-likeness (QED) is 0.847. The van der Waals surface area contributed by atoms with Gasteiger partial charge in [0.25, 0.3) is 0 Å². The number of carboxylic acids is 1. The first kappa shape index (κ1) is 16.2. The molecule has 118 valence electrons. The number of aliphatic carboxylic acids is 1. The number of carbonyl (C=O) groups is 3. The van der Waals surface area contributed by atoms with Crippen LogP contribution in [0, 0.1) is 0 Å². The van der Waals surface area contributed by atoms with Gasteiger partial charge in [-0.05, 0) is 12.5 Å². The third kappa shape index (κ3) is 3.92. The molecular formula is C16H20N2O4. The van der Waals surface area contributed by atoms with Gasteiger partial charge in [-0.15, -0.1) is 0 Å². The Morgan fingerprint density at radius 2 is 1.77 bits per heavy atom. The van der Waals surface area contributed by atoms with Gasteiger partial charge in [-0.2, -0.15) is 0 Å². The van der Waals surface area contributed by atoms with Gasteiger partial charge < -0.3 is 10.4 Å². The third-order valence-electron chi connectivity index (χ3n) is 3.81. The van der Waals surface area contributed by atoms with Crippen molar-refractivity contribution in [2.75, 3.05) is 13.1 Å². The summed E-state index contributed by atoms with van der Waals surface area (Å²) in [4.78, 5) is 36.8. The zero-order chi connectivity index (χ0) is 16.1. The van der Waals surface area contributed by atoms with Crippen molar-refractivity contribution in [1.82, 2.24) is 10.2 Å². The van der Waals surface area contributed by atoms with Gasteiger partial charge >= 0.3 is 5.97 Å². The minimum Gasteiger partial charge on any atom is -0.480 e. The summed E-state index contributed by atoms with van der Waals surface area (Å²) < 4.78 is 0. The minimum absolute atomic E-state index is 0.197. The number of carboxylic acid groups (broad SMARTS) is 1. The second-order valence-electron chi connectivity index (χ2n) is 5.46. The zero-order valence-electron chi connectivity index (χ0n) is 12.5. The second kappa shape index (κ2) is 7.17. The number of benzene rings is 1. The molecule has 0 aromatic heterocycles. The smallest absolute Gasteiger partial charge is 0.325 e. The maximum atomic E-state index is 12.5. The topological polar surface area (TPSA) is 86.7 Å². The Bertz CT molecular complexity index is 549. The molecule has 2 atom stereocenters. The predicted molar refractivity (Wildman–Crippen MR) is 80.2 cm³/mol. The molecule has 1 saturated heterocycles. The van der Waals surface area contributed by atoms with Gasteiger partial charge in [0, 0.05) is 25.9 Å². The van der Waals surface area contributed by atoms with Crippen molar-refractivity contribution in [3.8, 4) is 0 Å². The highest BCUT2D eigenvalue weighted by Gasteiger charge is 2.31. The molecule has 0 spiro atoms. The number of piperidine rings is 1. The molecule has 2 unspecified atom stereocenters. The average molecular weight is 304 g/mol. The summed E-state index contributed by atoms with van der Waals surface area (Å²) >= 11 is 0. The first-order valence-corrected chi connectivity index (χ1v) is 7.33. The monoisotopic (exact) mass is 304 g/mol. The van der Waals surface area contributed by atoms with Crippen LogP contribution in [0.25, 0.3) is 0 Å². The number of nitrogens with one attached hydrogen (secondary N) is 1. The van der Waals surface area contributed by atoms with Crippen LogP contribution >= 0.6 is 0 Å². The number of amides is 1. The number of carbonyl (C=O) groups excluding carboxylic acids is 2. The van der Waals surface area contributed by atoms with Crippen LogP contribution in [0.15, 0.2) is 30.3 Å². The fourth-order valence-corrected chi connectivity index (χ4v) is 2.55. The highest BCUT2D eigenvalue weighted by molar-refractivity contribution is 5.88. The Kier molecular flexibility index (Phi) is 5.27. The fourth-order valence-electron chi connectivity index (χ4n) is 2.55. The Morgan fingerprint density at radius 3 is 2.32 bits per heavy atom.